The van der Waals surface area contributed by atoms with Gasteiger partial charge in [0.1, 0.15) is 12.2 Å². The number of aromatic amines is 1. The van der Waals surface area contributed by atoms with Crippen molar-refractivity contribution in [3.8, 4) is 0 Å². The summed E-state index contributed by atoms with van der Waals surface area (Å²) in [5, 5.41) is 19.1. The van der Waals surface area contributed by atoms with Crippen molar-refractivity contribution >= 4 is 0 Å². The summed E-state index contributed by atoms with van der Waals surface area (Å²) in [7, 11) is 0. The van der Waals surface area contributed by atoms with Gasteiger partial charge in [-0.15, -0.1) is 0 Å². The SMILES string of the molecule is C[C@H]1O[C@H](n2cc(F)c(=O)[nH]c2=O)[C@H](O)[C@@H]1O. The fourth-order valence-corrected chi connectivity index (χ4v) is 1.71. The predicted octanol–water partition coefficient (Wildman–Crippen LogP) is -1.69. The van der Waals surface area contributed by atoms with Crippen LogP contribution in [0.5, 0.6) is 0 Å². The van der Waals surface area contributed by atoms with Gasteiger partial charge >= 0.3 is 5.69 Å². The topological polar surface area (TPSA) is 105 Å². The van der Waals surface area contributed by atoms with Gasteiger partial charge in [0.25, 0.3) is 5.56 Å². The highest BCUT2D eigenvalue weighted by molar-refractivity contribution is 4.93. The second-order valence-electron chi connectivity index (χ2n) is 3.86. The predicted molar refractivity (Wildman–Crippen MR) is 52.9 cm³/mol. The number of aliphatic hydroxyl groups is 2. The van der Waals surface area contributed by atoms with Crippen molar-refractivity contribution in [2.75, 3.05) is 0 Å². The van der Waals surface area contributed by atoms with Crippen molar-refractivity contribution < 1.29 is 19.3 Å². The first-order chi connectivity index (χ1) is 7.91. The zero-order valence-electron chi connectivity index (χ0n) is 8.83. The Balaban J connectivity index is 2.46. The molecule has 4 atom stereocenters. The first kappa shape index (κ1) is 12.0. The van der Waals surface area contributed by atoms with E-state index in [9.17, 15) is 24.2 Å². The molecule has 7 nitrogen and oxygen atoms in total. The van der Waals surface area contributed by atoms with Crippen LogP contribution in [-0.2, 0) is 4.74 Å². The Bertz CT molecular complexity index is 539. The lowest BCUT2D eigenvalue weighted by atomic mass is 10.1. The molecule has 0 amide bonds. The number of halogens is 1. The van der Waals surface area contributed by atoms with E-state index in [4.69, 9.17) is 4.74 Å². The summed E-state index contributed by atoms with van der Waals surface area (Å²) < 4.78 is 18.9. The number of aliphatic hydroxyl groups excluding tert-OH is 2. The van der Waals surface area contributed by atoms with Gasteiger partial charge in [0.15, 0.2) is 6.23 Å². The van der Waals surface area contributed by atoms with Gasteiger partial charge in [-0.25, -0.2) is 4.79 Å². The highest BCUT2D eigenvalue weighted by atomic mass is 19.1. The number of rotatable bonds is 1. The van der Waals surface area contributed by atoms with Crippen LogP contribution in [-0.4, -0.2) is 38.1 Å². The minimum absolute atomic E-state index is 0.639. The Kier molecular flexibility index (Phi) is 2.86. The molecular formula is C9H11FN2O5. The van der Waals surface area contributed by atoms with E-state index >= 15 is 0 Å². The molecule has 0 spiro atoms. The minimum atomic E-state index is -1.37. The molecule has 1 saturated heterocycles. The van der Waals surface area contributed by atoms with Gasteiger partial charge in [-0.1, -0.05) is 0 Å². The second kappa shape index (κ2) is 4.06. The van der Waals surface area contributed by atoms with Crippen LogP contribution in [0.1, 0.15) is 13.2 Å². The van der Waals surface area contributed by atoms with E-state index < -0.39 is 41.6 Å². The van der Waals surface area contributed by atoms with Crippen molar-refractivity contribution in [2.24, 2.45) is 0 Å². The van der Waals surface area contributed by atoms with E-state index in [1.54, 1.807) is 4.98 Å². The van der Waals surface area contributed by atoms with Crippen LogP contribution in [0.4, 0.5) is 4.39 Å². The molecule has 1 aliphatic rings. The summed E-state index contributed by atoms with van der Waals surface area (Å²) >= 11 is 0. The van der Waals surface area contributed by atoms with Crippen LogP contribution in [0.3, 0.4) is 0 Å². The maximum absolute atomic E-state index is 13.0. The van der Waals surface area contributed by atoms with Crippen LogP contribution in [0.2, 0.25) is 0 Å². The van der Waals surface area contributed by atoms with Gasteiger partial charge in [0.2, 0.25) is 5.82 Å². The number of aromatic nitrogens is 2. The molecule has 2 rings (SSSR count). The van der Waals surface area contributed by atoms with Crippen molar-refractivity contribution in [3.05, 3.63) is 32.9 Å². The zero-order valence-corrected chi connectivity index (χ0v) is 8.83. The molecule has 0 bridgehead atoms. The molecule has 3 N–H and O–H groups in total. The molecule has 1 aromatic rings. The first-order valence-corrected chi connectivity index (χ1v) is 4.94. The molecule has 0 saturated carbocycles. The summed E-state index contributed by atoms with van der Waals surface area (Å²) in [6.07, 6.45) is -3.83. The average molecular weight is 246 g/mol. The number of hydrogen-bond donors (Lipinski definition) is 3. The molecule has 0 unspecified atom stereocenters. The minimum Gasteiger partial charge on any atom is -0.388 e. The highest BCUT2D eigenvalue weighted by Crippen LogP contribution is 2.27. The Morgan fingerprint density at radius 3 is 2.59 bits per heavy atom. The van der Waals surface area contributed by atoms with E-state index in [-0.39, 0.29) is 0 Å². The smallest absolute Gasteiger partial charge is 0.330 e. The number of H-pyrrole nitrogens is 1. The fraction of sp³-hybridized carbons (Fsp3) is 0.556. The van der Waals surface area contributed by atoms with E-state index in [0.717, 1.165) is 0 Å². The third-order valence-corrected chi connectivity index (χ3v) is 2.68. The maximum Gasteiger partial charge on any atom is 0.330 e. The third-order valence-electron chi connectivity index (χ3n) is 2.68. The van der Waals surface area contributed by atoms with Gasteiger partial charge in [-0.2, -0.15) is 4.39 Å². The largest absolute Gasteiger partial charge is 0.388 e. The summed E-state index contributed by atoms with van der Waals surface area (Å²) in [5.74, 6) is -1.17. The Morgan fingerprint density at radius 1 is 1.41 bits per heavy atom. The number of ether oxygens (including phenoxy) is 1. The molecule has 1 fully saturated rings. The van der Waals surface area contributed by atoms with Gasteiger partial charge in [-0.05, 0) is 6.92 Å². The Hall–Kier alpha value is -1.51. The van der Waals surface area contributed by atoms with Gasteiger partial charge in [0.05, 0.1) is 12.3 Å². The molecule has 17 heavy (non-hydrogen) atoms. The molecule has 1 aromatic heterocycles. The average Bonchev–Trinajstić information content (AvgIpc) is 2.51. The van der Waals surface area contributed by atoms with Gasteiger partial charge < -0.3 is 14.9 Å². The molecule has 1 aliphatic heterocycles. The highest BCUT2D eigenvalue weighted by Gasteiger charge is 2.41. The third kappa shape index (κ3) is 1.90. The van der Waals surface area contributed by atoms with E-state index in [1.165, 1.54) is 6.92 Å². The Morgan fingerprint density at radius 2 is 2.06 bits per heavy atom. The summed E-state index contributed by atoms with van der Waals surface area (Å²) in [6.45, 7) is 1.50. The standard InChI is InChI=1S/C9H11FN2O5/c1-3-5(13)6(14)8(17-3)12-2-4(10)7(15)11-9(12)16/h2-3,5-6,8,13-14H,1H3,(H,11,15,16)/t3-,5-,6-,8+/m1/s1. The molecule has 2 heterocycles. The fourth-order valence-electron chi connectivity index (χ4n) is 1.71. The lowest BCUT2D eigenvalue weighted by Gasteiger charge is -2.16. The van der Waals surface area contributed by atoms with Gasteiger partial charge in [-0.3, -0.25) is 14.3 Å². The van der Waals surface area contributed by atoms with Crippen molar-refractivity contribution in [2.45, 2.75) is 31.5 Å². The normalized spacial score (nSPS) is 32.9. The lowest BCUT2D eigenvalue weighted by molar-refractivity contribution is -0.0356. The zero-order chi connectivity index (χ0) is 12.7. The van der Waals surface area contributed by atoms with Gasteiger partial charge in [0, 0.05) is 0 Å². The summed E-state index contributed by atoms with van der Waals surface area (Å²) in [6, 6.07) is 0. The molecular weight excluding hydrogens is 235 g/mol. The number of nitrogens with zero attached hydrogens (tertiary/aromatic N) is 1. The molecule has 0 radical (unpaired) electrons. The van der Waals surface area contributed by atoms with Crippen LogP contribution in [0, 0.1) is 5.82 Å². The maximum atomic E-state index is 13.0. The Labute approximate surface area is 94.1 Å². The first-order valence-electron chi connectivity index (χ1n) is 4.94. The second-order valence-corrected chi connectivity index (χ2v) is 3.86. The van der Waals surface area contributed by atoms with E-state index in [0.29, 0.717) is 10.8 Å². The molecule has 94 valence electrons. The summed E-state index contributed by atoms with van der Waals surface area (Å²) in [5.41, 5.74) is -2.06. The van der Waals surface area contributed by atoms with Crippen molar-refractivity contribution in [1.29, 1.82) is 0 Å². The number of hydrogen-bond acceptors (Lipinski definition) is 5. The van der Waals surface area contributed by atoms with Crippen LogP contribution in [0.15, 0.2) is 15.8 Å². The quantitative estimate of drug-likeness (QED) is 0.548. The molecule has 0 aromatic carbocycles. The summed E-state index contributed by atoms with van der Waals surface area (Å²) in [4.78, 5) is 24.0. The molecule has 0 aliphatic carbocycles. The van der Waals surface area contributed by atoms with E-state index in [2.05, 4.69) is 0 Å². The lowest BCUT2D eigenvalue weighted by Crippen LogP contribution is -2.38. The van der Waals surface area contributed by atoms with E-state index in [1.807, 2.05) is 0 Å². The van der Waals surface area contributed by atoms with Crippen LogP contribution in [0.25, 0.3) is 0 Å². The van der Waals surface area contributed by atoms with Crippen molar-refractivity contribution in [3.63, 3.8) is 0 Å². The monoisotopic (exact) mass is 246 g/mol. The van der Waals surface area contributed by atoms with Crippen molar-refractivity contribution in [1.82, 2.24) is 9.55 Å². The molecule has 8 heteroatoms. The van der Waals surface area contributed by atoms with Crippen LogP contribution >= 0.6 is 0 Å². The van der Waals surface area contributed by atoms with Crippen LogP contribution < -0.4 is 11.2 Å². The number of nitrogens with one attached hydrogen (secondary N) is 1.